The average Bonchev–Trinajstić information content (AvgIpc) is 2.76. The Morgan fingerprint density at radius 1 is 1.17 bits per heavy atom. The van der Waals surface area contributed by atoms with E-state index in [2.05, 4.69) is 5.32 Å². The van der Waals surface area contributed by atoms with Crippen molar-refractivity contribution in [1.29, 1.82) is 0 Å². The Labute approximate surface area is 178 Å². The fourth-order valence-electron chi connectivity index (χ4n) is 3.75. The summed E-state index contributed by atoms with van der Waals surface area (Å²) in [4.78, 5) is 27.3. The lowest BCUT2D eigenvalue weighted by atomic mass is 10.0. The van der Waals surface area contributed by atoms with Crippen molar-refractivity contribution in [2.75, 3.05) is 20.8 Å². The molecule has 0 aromatic heterocycles. The van der Waals surface area contributed by atoms with Crippen LogP contribution in [0.5, 0.6) is 11.5 Å². The number of carbonyl (C=O) groups is 2. The Kier molecular flexibility index (Phi) is 6.98. The molecule has 6 heteroatoms. The molecule has 2 amide bonds. The third kappa shape index (κ3) is 4.93. The highest BCUT2D eigenvalue weighted by Gasteiger charge is 2.22. The highest BCUT2D eigenvalue weighted by atomic mass is 16.5. The van der Waals surface area contributed by atoms with E-state index >= 15 is 0 Å². The van der Waals surface area contributed by atoms with Crippen LogP contribution in [0.3, 0.4) is 0 Å². The molecule has 0 aliphatic carbocycles. The summed E-state index contributed by atoms with van der Waals surface area (Å²) in [5, 5.41) is 2.99. The van der Waals surface area contributed by atoms with E-state index in [9.17, 15) is 9.59 Å². The van der Waals surface area contributed by atoms with E-state index < -0.39 is 0 Å². The number of amides is 2. The van der Waals surface area contributed by atoms with Crippen LogP contribution in [0.25, 0.3) is 11.1 Å². The van der Waals surface area contributed by atoms with E-state index in [-0.39, 0.29) is 23.9 Å². The van der Waals surface area contributed by atoms with Gasteiger partial charge in [0.2, 0.25) is 5.91 Å². The zero-order valence-electron chi connectivity index (χ0n) is 18.1. The largest absolute Gasteiger partial charge is 0.497 e. The molecule has 2 aromatic rings. The fourth-order valence-corrected chi connectivity index (χ4v) is 3.75. The predicted molar refractivity (Wildman–Crippen MR) is 117 cm³/mol. The van der Waals surface area contributed by atoms with Crippen LogP contribution < -0.4 is 14.8 Å². The maximum absolute atomic E-state index is 13.2. The van der Waals surface area contributed by atoms with Crippen molar-refractivity contribution in [2.24, 2.45) is 0 Å². The van der Waals surface area contributed by atoms with Crippen molar-refractivity contribution in [3.8, 4) is 22.6 Å². The molecule has 1 N–H and O–H groups in total. The Balaban J connectivity index is 2.06. The van der Waals surface area contributed by atoms with Gasteiger partial charge < -0.3 is 19.7 Å². The molecule has 0 saturated heterocycles. The van der Waals surface area contributed by atoms with Crippen LogP contribution in [-0.2, 0) is 4.79 Å². The number of nitrogens with one attached hydrogen (secondary N) is 1. The van der Waals surface area contributed by atoms with Gasteiger partial charge in [0, 0.05) is 30.6 Å². The first-order valence-corrected chi connectivity index (χ1v) is 10.4. The lowest BCUT2D eigenvalue weighted by molar-refractivity contribution is -0.122. The molecule has 0 saturated carbocycles. The Hall–Kier alpha value is -3.02. The summed E-state index contributed by atoms with van der Waals surface area (Å²) in [5.41, 5.74) is 2.32. The van der Waals surface area contributed by atoms with E-state index in [0.29, 0.717) is 36.5 Å². The molecule has 1 aliphatic rings. The standard InChI is InChI=1S/C24H30N2O4/c1-5-19-9-12-23(27)25-16(2)15-30-22-11-10-20(29-4)14-21(22)17-7-6-8-18(13-17)24(28)26(19)3/h6-8,10-11,13-14,16,19H,5,9,12,15H2,1-4H3,(H,25,27)/t16-,19-/m1/s1. The van der Waals surface area contributed by atoms with E-state index in [1.54, 1.807) is 12.0 Å². The minimum atomic E-state index is -0.136. The van der Waals surface area contributed by atoms with Gasteiger partial charge in [0.25, 0.3) is 5.91 Å². The third-order valence-electron chi connectivity index (χ3n) is 5.55. The highest BCUT2D eigenvalue weighted by molar-refractivity contribution is 5.96. The molecule has 0 spiro atoms. The van der Waals surface area contributed by atoms with Gasteiger partial charge in [-0.1, -0.05) is 19.1 Å². The normalized spacial score (nSPS) is 20.3. The first-order chi connectivity index (χ1) is 14.4. The minimum absolute atomic E-state index is 0.00373. The zero-order chi connectivity index (χ0) is 21.7. The second-order valence-corrected chi connectivity index (χ2v) is 7.74. The topological polar surface area (TPSA) is 67.9 Å². The summed E-state index contributed by atoms with van der Waals surface area (Å²) < 4.78 is 11.4. The van der Waals surface area contributed by atoms with Crippen LogP contribution in [0.1, 0.15) is 43.5 Å². The van der Waals surface area contributed by atoms with Crippen LogP contribution in [-0.4, -0.2) is 49.6 Å². The molecule has 2 bridgehead atoms. The number of hydrogen-bond acceptors (Lipinski definition) is 4. The Bertz CT molecular complexity index is 912. The first-order valence-electron chi connectivity index (χ1n) is 10.4. The third-order valence-corrected chi connectivity index (χ3v) is 5.55. The zero-order valence-corrected chi connectivity index (χ0v) is 18.1. The van der Waals surface area contributed by atoms with Crippen LogP contribution in [0.15, 0.2) is 42.5 Å². The van der Waals surface area contributed by atoms with Crippen molar-refractivity contribution in [2.45, 2.75) is 45.2 Å². The number of methoxy groups -OCH3 is 1. The summed E-state index contributed by atoms with van der Waals surface area (Å²) in [6, 6.07) is 13.0. The molecule has 1 heterocycles. The van der Waals surface area contributed by atoms with Gasteiger partial charge in [0.1, 0.15) is 18.1 Å². The number of hydrogen-bond donors (Lipinski definition) is 1. The van der Waals surface area contributed by atoms with E-state index in [4.69, 9.17) is 9.47 Å². The lowest BCUT2D eigenvalue weighted by Crippen LogP contribution is -2.39. The SMILES string of the molecule is CC[C@@H]1CCC(=O)N[C@H](C)COc2ccc(OC)cc2-c2cccc(c2)C(=O)N1C. The molecule has 2 atom stereocenters. The van der Waals surface area contributed by atoms with Crippen molar-refractivity contribution >= 4 is 11.8 Å². The summed E-state index contributed by atoms with van der Waals surface area (Å²) in [6.45, 7) is 4.31. The van der Waals surface area contributed by atoms with Gasteiger partial charge in [-0.3, -0.25) is 9.59 Å². The minimum Gasteiger partial charge on any atom is -0.497 e. The molecular formula is C24H30N2O4. The second kappa shape index (κ2) is 9.65. The number of carbonyl (C=O) groups excluding carboxylic acids is 2. The molecule has 0 radical (unpaired) electrons. The van der Waals surface area contributed by atoms with Crippen molar-refractivity contribution < 1.29 is 19.1 Å². The van der Waals surface area contributed by atoms with E-state index in [1.165, 1.54) is 0 Å². The maximum Gasteiger partial charge on any atom is 0.253 e. The van der Waals surface area contributed by atoms with Gasteiger partial charge in [0.15, 0.2) is 0 Å². The van der Waals surface area contributed by atoms with Crippen molar-refractivity contribution in [1.82, 2.24) is 10.2 Å². The smallest absolute Gasteiger partial charge is 0.253 e. The predicted octanol–water partition coefficient (Wildman–Crippen LogP) is 3.89. The number of ether oxygens (including phenoxy) is 2. The van der Waals surface area contributed by atoms with E-state index in [0.717, 1.165) is 17.5 Å². The molecule has 30 heavy (non-hydrogen) atoms. The van der Waals surface area contributed by atoms with Gasteiger partial charge >= 0.3 is 0 Å². The monoisotopic (exact) mass is 410 g/mol. The van der Waals surface area contributed by atoms with Crippen LogP contribution in [0.2, 0.25) is 0 Å². The van der Waals surface area contributed by atoms with Gasteiger partial charge in [-0.25, -0.2) is 0 Å². The summed E-state index contributed by atoms with van der Waals surface area (Å²) in [6.07, 6.45) is 1.78. The summed E-state index contributed by atoms with van der Waals surface area (Å²) >= 11 is 0. The fraction of sp³-hybridized carbons (Fsp3) is 0.417. The maximum atomic E-state index is 13.2. The first kappa shape index (κ1) is 21.7. The highest BCUT2D eigenvalue weighted by Crippen LogP contribution is 2.34. The molecule has 1 aliphatic heterocycles. The lowest BCUT2D eigenvalue weighted by Gasteiger charge is -2.27. The quantitative estimate of drug-likeness (QED) is 0.816. The molecule has 2 aromatic carbocycles. The van der Waals surface area contributed by atoms with Gasteiger partial charge in [0.05, 0.1) is 13.2 Å². The van der Waals surface area contributed by atoms with Crippen molar-refractivity contribution in [3.05, 3.63) is 48.0 Å². The van der Waals surface area contributed by atoms with Gasteiger partial charge in [-0.15, -0.1) is 0 Å². The average molecular weight is 411 g/mol. The number of rotatable bonds is 2. The molecular weight excluding hydrogens is 380 g/mol. The Morgan fingerprint density at radius 3 is 2.67 bits per heavy atom. The molecule has 0 fully saturated rings. The van der Waals surface area contributed by atoms with Crippen molar-refractivity contribution in [3.63, 3.8) is 0 Å². The number of nitrogens with zero attached hydrogens (tertiary/aromatic N) is 1. The van der Waals surface area contributed by atoms with Gasteiger partial charge in [-0.2, -0.15) is 0 Å². The molecule has 160 valence electrons. The van der Waals surface area contributed by atoms with Gasteiger partial charge in [-0.05, 0) is 55.7 Å². The Morgan fingerprint density at radius 2 is 1.93 bits per heavy atom. The molecule has 0 unspecified atom stereocenters. The van der Waals surface area contributed by atoms with E-state index in [1.807, 2.05) is 63.4 Å². The molecule has 3 rings (SSSR count). The molecule has 6 nitrogen and oxygen atoms in total. The van der Waals surface area contributed by atoms with Crippen LogP contribution in [0.4, 0.5) is 0 Å². The van der Waals surface area contributed by atoms with Crippen LogP contribution >= 0.6 is 0 Å². The second-order valence-electron chi connectivity index (χ2n) is 7.74. The number of fused-ring (bicyclic) bond motifs is 4. The summed E-state index contributed by atoms with van der Waals surface area (Å²) in [5.74, 6) is 1.29. The van der Waals surface area contributed by atoms with Crippen LogP contribution in [0, 0.1) is 0 Å². The number of benzene rings is 2. The summed E-state index contributed by atoms with van der Waals surface area (Å²) in [7, 11) is 3.43.